The van der Waals surface area contributed by atoms with Gasteiger partial charge in [0.1, 0.15) is 11.5 Å². The molecule has 25 heavy (non-hydrogen) atoms. The van der Waals surface area contributed by atoms with E-state index in [9.17, 15) is 22.8 Å². The van der Waals surface area contributed by atoms with Gasteiger partial charge in [-0.25, -0.2) is 4.79 Å². The van der Waals surface area contributed by atoms with Gasteiger partial charge in [0.25, 0.3) is 0 Å². The van der Waals surface area contributed by atoms with E-state index in [0.29, 0.717) is 18.6 Å². The van der Waals surface area contributed by atoms with Gasteiger partial charge in [-0.2, -0.15) is 13.2 Å². The monoisotopic (exact) mass is 356 g/mol. The van der Waals surface area contributed by atoms with E-state index in [2.05, 4.69) is 5.32 Å². The average Bonchev–Trinajstić information content (AvgIpc) is 2.83. The summed E-state index contributed by atoms with van der Waals surface area (Å²) in [7, 11) is 1.42. The van der Waals surface area contributed by atoms with E-state index in [1.807, 2.05) is 0 Å². The zero-order chi connectivity index (χ0) is 18.2. The molecule has 1 aromatic carbocycles. The van der Waals surface area contributed by atoms with E-state index in [-0.39, 0.29) is 36.3 Å². The van der Waals surface area contributed by atoms with Crippen molar-refractivity contribution < 1.29 is 27.5 Å². The van der Waals surface area contributed by atoms with Gasteiger partial charge in [0.2, 0.25) is 0 Å². The number of hydrogen-bond donors (Lipinski definition) is 1. The van der Waals surface area contributed by atoms with Crippen molar-refractivity contribution in [2.24, 2.45) is 0 Å². The molecule has 3 atom stereocenters. The smallest absolute Gasteiger partial charge is 0.412 e. The molecule has 3 unspecified atom stereocenters. The quantitative estimate of drug-likeness (QED) is 0.905. The second-order valence-electron chi connectivity index (χ2n) is 6.44. The molecule has 3 rings (SSSR count). The summed E-state index contributed by atoms with van der Waals surface area (Å²) in [5.41, 5.74) is -0.0675. The Morgan fingerprint density at radius 2 is 1.76 bits per heavy atom. The molecule has 0 aliphatic carbocycles. The minimum absolute atomic E-state index is 0.0675. The zero-order valence-electron chi connectivity index (χ0n) is 13.7. The summed E-state index contributed by atoms with van der Waals surface area (Å²) in [6, 6.07) is 1.94. The van der Waals surface area contributed by atoms with Gasteiger partial charge in [0, 0.05) is 24.9 Å². The molecular weight excluding hydrogens is 337 g/mol. The van der Waals surface area contributed by atoms with Gasteiger partial charge < -0.3 is 15.0 Å². The Balaban J connectivity index is 1.79. The second kappa shape index (κ2) is 6.57. The average molecular weight is 356 g/mol. The van der Waals surface area contributed by atoms with E-state index in [1.54, 1.807) is 0 Å². The molecule has 136 valence electrons. The summed E-state index contributed by atoms with van der Waals surface area (Å²) in [5.74, 6) is 0.502. The summed E-state index contributed by atoms with van der Waals surface area (Å²) in [6.45, 7) is 0. The summed E-state index contributed by atoms with van der Waals surface area (Å²) in [4.78, 5) is 25.5. The van der Waals surface area contributed by atoms with Crippen molar-refractivity contribution in [2.45, 2.75) is 50.0 Å². The number of nitrogens with one attached hydrogen (secondary N) is 1. The molecule has 2 bridgehead atoms. The fourth-order valence-corrected chi connectivity index (χ4v) is 3.65. The minimum Gasteiger partial charge on any atom is -0.497 e. The van der Waals surface area contributed by atoms with Gasteiger partial charge in [0.05, 0.1) is 7.11 Å². The number of hydrogen-bond acceptors (Lipinski definition) is 3. The van der Waals surface area contributed by atoms with Crippen molar-refractivity contribution in [3.05, 3.63) is 29.8 Å². The van der Waals surface area contributed by atoms with E-state index in [4.69, 9.17) is 4.74 Å². The van der Waals surface area contributed by atoms with Crippen molar-refractivity contribution in [3.8, 4) is 5.75 Å². The Bertz CT molecular complexity index is 644. The van der Waals surface area contributed by atoms with E-state index in [0.717, 1.165) is 0 Å². The molecular formula is C17H19F3N2O3. The van der Waals surface area contributed by atoms with Gasteiger partial charge in [-0.05, 0) is 30.5 Å². The molecule has 8 heteroatoms. The third-order valence-corrected chi connectivity index (χ3v) is 4.83. The molecule has 0 aromatic heterocycles. The number of benzene rings is 1. The van der Waals surface area contributed by atoms with Crippen LogP contribution >= 0.6 is 0 Å². The highest BCUT2D eigenvalue weighted by atomic mass is 19.4. The maximum atomic E-state index is 13.5. The van der Waals surface area contributed by atoms with Gasteiger partial charge in [0.15, 0.2) is 6.04 Å². The molecule has 2 aliphatic heterocycles. The van der Waals surface area contributed by atoms with Gasteiger partial charge in [-0.1, -0.05) is 12.1 Å². The van der Waals surface area contributed by atoms with Crippen molar-refractivity contribution in [3.63, 3.8) is 0 Å². The van der Waals surface area contributed by atoms with Crippen molar-refractivity contribution >= 4 is 11.8 Å². The highest BCUT2D eigenvalue weighted by Crippen LogP contribution is 2.37. The predicted molar refractivity (Wildman–Crippen MR) is 83.2 cm³/mol. The Kier molecular flexibility index (Phi) is 4.62. The number of methoxy groups -OCH3 is 1. The predicted octanol–water partition coefficient (Wildman–Crippen LogP) is 3.20. The number of nitrogens with zero attached hydrogens (tertiary/aromatic N) is 1. The second-order valence-corrected chi connectivity index (χ2v) is 6.44. The van der Waals surface area contributed by atoms with Crippen LogP contribution in [0, 0.1) is 0 Å². The molecule has 0 spiro atoms. The van der Waals surface area contributed by atoms with E-state index >= 15 is 0 Å². The fraction of sp³-hybridized carbons (Fsp3) is 0.529. The van der Waals surface area contributed by atoms with E-state index < -0.39 is 18.2 Å². The lowest BCUT2D eigenvalue weighted by atomic mass is 10.0. The third kappa shape index (κ3) is 3.57. The molecule has 2 aliphatic rings. The van der Waals surface area contributed by atoms with Crippen LogP contribution in [0.2, 0.25) is 0 Å². The molecule has 2 amide bonds. The Hall–Kier alpha value is -2.25. The van der Waals surface area contributed by atoms with Crippen molar-refractivity contribution in [2.75, 3.05) is 7.11 Å². The lowest BCUT2D eigenvalue weighted by Crippen LogP contribution is -2.53. The Morgan fingerprint density at radius 1 is 1.20 bits per heavy atom. The first-order valence-electron chi connectivity index (χ1n) is 8.11. The minimum atomic E-state index is -4.63. The normalized spacial score (nSPS) is 24.2. The fourth-order valence-electron chi connectivity index (χ4n) is 3.65. The standard InChI is InChI=1S/C17H19F3N2O3/c1-25-14-6-2-10(3-7-14)15(17(18,19)20)21-16(24)22-11-4-5-12(22)9-13(23)8-11/h2-3,6-7,11-12,15H,4-5,8-9H2,1H3,(H,21,24). The molecule has 1 N–H and O–H groups in total. The number of urea groups is 1. The number of piperidine rings is 1. The molecule has 0 radical (unpaired) electrons. The third-order valence-electron chi connectivity index (χ3n) is 4.83. The highest BCUT2D eigenvalue weighted by molar-refractivity contribution is 5.85. The number of halogens is 3. The number of alkyl halides is 3. The Morgan fingerprint density at radius 3 is 2.24 bits per heavy atom. The first-order valence-corrected chi connectivity index (χ1v) is 8.11. The van der Waals surface area contributed by atoms with Crippen molar-refractivity contribution in [1.29, 1.82) is 0 Å². The number of amides is 2. The van der Waals surface area contributed by atoms with Crippen LogP contribution in [0.15, 0.2) is 24.3 Å². The summed E-state index contributed by atoms with van der Waals surface area (Å²) in [5, 5.41) is 2.11. The number of ketones is 1. The first-order chi connectivity index (χ1) is 11.8. The van der Waals surface area contributed by atoms with Crippen LogP contribution in [0.25, 0.3) is 0 Å². The number of ether oxygens (including phenoxy) is 1. The first kappa shape index (κ1) is 17.6. The number of carbonyl (C=O) groups excluding carboxylic acids is 2. The summed E-state index contributed by atoms with van der Waals surface area (Å²) in [6.07, 6.45) is -2.87. The van der Waals surface area contributed by atoms with Gasteiger partial charge >= 0.3 is 12.2 Å². The van der Waals surface area contributed by atoms with Crippen LogP contribution in [0.3, 0.4) is 0 Å². The lowest BCUT2D eigenvalue weighted by molar-refractivity contribution is -0.155. The number of fused-ring (bicyclic) bond motifs is 2. The number of carbonyl (C=O) groups is 2. The highest BCUT2D eigenvalue weighted by Gasteiger charge is 2.47. The SMILES string of the molecule is COc1ccc(C(NC(=O)N2C3CCC2CC(=O)C3)C(F)(F)F)cc1. The van der Waals surface area contributed by atoms with Crippen LogP contribution in [0.4, 0.5) is 18.0 Å². The maximum Gasteiger partial charge on any atom is 0.412 e. The molecule has 2 saturated heterocycles. The molecule has 2 fully saturated rings. The van der Waals surface area contributed by atoms with Crippen LogP contribution in [-0.2, 0) is 4.79 Å². The summed E-state index contributed by atoms with van der Waals surface area (Å²) < 4.78 is 45.4. The Labute approximate surface area is 143 Å². The molecule has 2 heterocycles. The maximum absolute atomic E-state index is 13.5. The van der Waals surface area contributed by atoms with E-state index in [1.165, 1.54) is 36.3 Å². The van der Waals surface area contributed by atoms with Crippen LogP contribution in [0.5, 0.6) is 5.75 Å². The largest absolute Gasteiger partial charge is 0.497 e. The van der Waals surface area contributed by atoms with Crippen LogP contribution < -0.4 is 10.1 Å². The van der Waals surface area contributed by atoms with Crippen molar-refractivity contribution in [1.82, 2.24) is 10.2 Å². The number of Topliss-reactive ketones (excluding diaryl/α,β-unsaturated/α-hetero) is 1. The number of rotatable bonds is 3. The zero-order valence-corrected chi connectivity index (χ0v) is 13.7. The summed E-state index contributed by atoms with van der Waals surface area (Å²) >= 11 is 0. The van der Waals surface area contributed by atoms with Crippen LogP contribution in [-0.4, -0.2) is 42.1 Å². The van der Waals surface area contributed by atoms with Gasteiger partial charge in [-0.3, -0.25) is 4.79 Å². The molecule has 0 saturated carbocycles. The topological polar surface area (TPSA) is 58.6 Å². The van der Waals surface area contributed by atoms with Crippen LogP contribution in [0.1, 0.15) is 37.3 Å². The lowest BCUT2D eigenvalue weighted by Gasteiger charge is -2.35. The van der Waals surface area contributed by atoms with Gasteiger partial charge in [-0.15, -0.1) is 0 Å². The molecule has 5 nitrogen and oxygen atoms in total. The molecule has 1 aromatic rings.